The number of benzene rings is 1. The van der Waals surface area contributed by atoms with E-state index in [9.17, 15) is 0 Å². The summed E-state index contributed by atoms with van der Waals surface area (Å²) in [5.74, 6) is 0. The van der Waals surface area contributed by atoms with Crippen molar-refractivity contribution >= 4 is 0 Å². The van der Waals surface area contributed by atoms with Crippen LogP contribution < -0.4 is 0 Å². The summed E-state index contributed by atoms with van der Waals surface area (Å²) in [4.78, 5) is 2.54. The second kappa shape index (κ2) is 4.43. The molecule has 1 aliphatic rings. The van der Waals surface area contributed by atoms with Gasteiger partial charge in [-0.1, -0.05) is 24.3 Å². The van der Waals surface area contributed by atoms with Crippen molar-refractivity contribution < 1.29 is 0 Å². The molecule has 1 aliphatic heterocycles. The van der Waals surface area contributed by atoms with Gasteiger partial charge in [-0.25, -0.2) is 0 Å². The lowest BCUT2D eigenvalue weighted by Crippen LogP contribution is -2.21. The second-order valence-electron chi connectivity index (χ2n) is 3.69. The van der Waals surface area contributed by atoms with Crippen molar-refractivity contribution in [3.05, 3.63) is 35.9 Å². The zero-order chi connectivity index (χ0) is 8.93. The minimum absolute atomic E-state index is 1.15. The van der Waals surface area contributed by atoms with Gasteiger partial charge in [-0.05, 0) is 44.0 Å². The molecular formula is C12H16N. The van der Waals surface area contributed by atoms with E-state index in [1.165, 1.54) is 38.0 Å². The summed E-state index contributed by atoms with van der Waals surface area (Å²) in [5.41, 5.74) is 1.34. The third kappa shape index (κ3) is 2.56. The van der Waals surface area contributed by atoms with E-state index in [1.54, 1.807) is 0 Å². The van der Waals surface area contributed by atoms with Gasteiger partial charge in [0.15, 0.2) is 0 Å². The molecule has 0 bridgehead atoms. The zero-order valence-electron chi connectivity index (χ0n) is 8.00. The highest BCUT2D eigenvalue weighted by Gasteiger charge is 2.10. The SMILES string of the molecule is [c]1ccccc1CCN1CCCC1. The highest BCUT2D eigenvalue weighted by Crippen LogP contribution is 2.08. The van der Waals surface area contributed by atoms with E-state index in [-0.39, 0.29) is 0 Å². The van der Waals surface area contributed by atoms with Crippen LogP contribution in [0.25, 0.3) is 0 Å². The van der Waals surface area contributed by atoms with Gasteiger partial charge < -0.3 is 4.90 Å². The van der Waals surface area contributed by atoms with Crippen LogP contribution in [0, 0.1) is 6.07 Å². The van der Waals surface area contributed by atoms with Crippen molar-refractivity contribution in [1.82, 2.24) is 4.90 Å². The van der Waals surface area contributed by atoms with Crippen LogP contribution in [-0.2, 0) is 6.42 Å². The molecule has 0 amide bonds. The van der Waals surface area contributed by atoms with Gasteiger partial charge in [0.25, 0.3) is 0 Å². The Morgan fingerprint density at radius 1 is 1.23 bits per heavy atom. The van der Waals surface area contributed by atoms with Crippen LogP contribution in [0.2, 0.25) is 0 Å². The maximum absolute atomic E-state index is 3.27. The lowest BCUT2D eigenvalue weighted by atomic mass is 10.1. The van der Waals surface area contributed by atoms with Crippen LogP contribution in [-0.4, -0.2) is 24.5 Å². The monoisotopic (exact) mass is 174 g/mol. The van der Waals surface area contributed by atoms with Crippen molar-refractivity contribution in [3.63, 3.8) is 0 Å². The van der Waals surface area contributed by atoms with E-state index in [1.807, 2.05) is 12.1 Å². The molecule has 1 radical (unpaired) electrons. The molecule has 1 aromatic carbocycles. The molecule has 1 saturated heterocycles. The predicted molar refractivity (Wildman–Crippen MR) is 54.7 cm³/mol. The largest absolute Gasteiger partial charge is 0.303 e. The van der Waals surface area contributed by atoms with Crippen LogP contribution in [0.3, 0.4) is 0 Å². The zero-order valence-corrected chi connectivity index (χ0v) is 8.00. The molecule has 0 aromatic heterocycles. The Kier molecular flexibility index (Phi) is 2.98. The first-order valence-corrected chi connectivity index (χ1v) is 5.13. The Morgan fingerprint density at radius 2 is 2.08 bits per heavy atom. The van der Waals surface area contributed by atoms with Gasteiger partial charge in [0, 0.05) is 6.54 Å². The van der Waals surface area contributed by atoms with E-state index in [4.69, 9.17) is 0 Å². The minimum atomic E-state index is 1.15. The second-order valence-corrected chi connectivity index (χ2v) is 3.69. The molecule has 0 unspecified atom stereocenters. The molecule has 1 heterocycles. The average Bonchev–Trinajstić information content (AvgIpc) is 2.69. The standard InChI is InChI=1S/C12H16N/c1-2-6-12(7-3-1)8-11-13-9-4-5-10-13/h1-3,6H,4-5,8-11H2. The summed E-state index contributed by atoms with van der Waals surface area (Å²) in [5, 5.41) is 0. The van der Waals surface area contributed by atoms with Gasteiger partial charge >= 0.3 is 0 Å². The molecule has 0 N–H and O–H groups in total. The van der Waals surface area contributed by atoms with Gasteiger partial charge in [-0.15, -0.1) is 0 Å². The normalized spacial score (nSPS) is 17.8. The molecule has 2 rings (SSSR count). The highest BCUT2D eigenvalue weighted by atomic mass is 15.1. The molecule has 0 saturated carbocycles. The van der Waals surface area contributed by atoms with E-state index >= 15 is 0 Å². The van der Waals surface area contributed by atoms with E-state index < -0.39 is 0 Å². The first kappa shape index (κ1) is 8.76. The maximum atomic E-state index is 3.27. The van der Waals surface area contributed by atoms with Gasteiger partial charge in [0.2, 0.25) is 0 Å². The Morgan fingerprint density at radius 3 is 2.77 bits per heavy atom. The van der Waals surface area contributed by atoms with Crippen LogP contribution in [0.5, 0.6) is 0 Å². The maximum Gasteiger partial charge on any atom is 0.00220 e. The smallest absolute Gasteiger partial charge is 0.00220 e. The molecule has 1 heteroatoms. The topological polar surface area (TPSA) is 3.24 Å². The Labute approximate surface area is 80.4 Å². The summed E-state index contributed by atoms with van der Waals surface area (Å²) in [7, 11) is 0. The van der Waals surface area contributed by atoms with Crippen LogP contribution in [0.1, 0.15) is 18.4 Å². The first-order valence-electron chi connectivity index (χ1n) is 5.13. The lowest BCUT2D eigenvalue weighted by molar-refractivity contribution is 0.343. The van der Waals surface area contributed by atoms with E-state index in [0.29, 0.717) is 0 Å². The van der Waals surface area contributed by atoms with Gasteiger partial charge in [0.1, 0.15) is 0 Å². The van der Waals surface area contributed by atoms with Gasteiger partial charge in [-0.2, -0.15) is 0 Å². The molecule has 0 aliphatic carbocycles. The number of rotatable bonds is 3. The third-order valence-electron chi connectivity index (χ3n) is 2.67. The van der Waals surface area contributed by atoms with Crippen molar-refractivity contribution in [2.75, 3.05) is 19.6 Å². The summed E-state index contributed by atoms with van der Waals surface area (Å²) >= 11 is 0. The molecule has 1 fully saturated rings. The van der Waals surface area contributed by atoms with E-state index in [0.717, 1.165) is 6.42 Å². The molecule has 0 spiro atoms. The van der Waals surface area contributed by atoms with Crippen molar-refractivity contribution in [2.45, 2.75) is 19.3 Å². The summed E-state index contributed by atoms with van der Waals surface area (Å²) in [6.45, 7) is 3.81. The third-order valence-corrected chi connectivity index (χ3v) is 2.67. The Bertz CT molecular complexity index is 237. The fourth-order valence-electron chi connectivity index (χ4n) is 1.87. The molecular weight excluding hydrogens is 158 g/mol. The molecule has 1 nitrogen and oxygen atoms in total. The molecule has 69 valence electrons. The fraction of sp³-hybridized carbons (Fsp3) is 0.500. The van der Waals surface area contributed by atoms with Gasteiger partial charge in [0.05, 0.1) is 0 Å². The number of hydrogen-bond acceptors (Lipinski definition) is 1. The quantitative estimate of drug-likeness (QED) is 0.678. The van der Waals surface area contributed by atoms with Crippen molar-refractivity contribution in [1.29, 1.82) is 0 Å². The van der Waals surface area contributed by atoms with Gasteiger partial charge in [-0.3, -0.25) is 0 Å². The number of hydrogen-bond donors (Lipinski definition) is 0. The van der Waals surface area contributed by atoms with Crippen LogP contribution in [0.15, 0.2) is 24.3 Å². The first-order chi connectivity index (χ1) is 6.45. The molecule has 1 aromatic rings. The Balaban J connectivity index is 1.79. The van der Waals surface area contributed by atoms with Crippen LogP contribution in [0.4, 0.5) is 0 Å². The fourth-order valence-corrected chi connectivity index (χ4v) is 1.87. The van der Waals surface area contributed by atoms with E-state index in [2.05, 4.69) is 23.1 Å². The molecule has 0 atom stereocenters. The van der Waals surface area contributed by atoms with Crippen LogP contribution >= 0.6 is 0 Å². The average molecular weight is 174 g/mol. The summed E-state index contributed by atoms with van der Waals surface area (Å²) in [6, 6.07) is 11.5. The summed E-state index contributed by atoms with van der Waals surface area (Å²) < 4.78 is 0. The lowest BCUT2D eigenvalue weighted by Gasteiger charge is -2.13. The number of nitrogens with zero attached hydrogens (tertiary/aromatic N) is 1. The molecule has 13 heavy (non-hydrogen) atoms. The highest BCUT2D eigenvalue weighted by molar-refractivity contribution is 5.13. The van der Waals surface area contributed by atoms with Crippen molar-refractivity contribution in [2.24, 2.45) is 0 Å². The summed E-state index contributed by atoms with van der Waals surface area (Å²) in [6.07, 6.45) is 3.93. The predicted octanol–water partition coefficient (Wildman–Crippen LogP) is 2.13. The Hall–Kier alpha value is -0.820. The van der Waals surface area contributed by atoms with Crippen molar-refractivity contribution in [3.8, 4) is 0 Å². The number of likely N-dealkylation sites (tertiary alicyclic amines) is 1. The minimum Gasteiger partial charge on any atom is -0.303 e.